The van der Waals surface area contributed by atoms with Gasteiger partial charge in [0.1, 0.15) is 0 Å². The summed E-state index contributed by atoms with van der Waals surface area (Å²) < 4.78 is 4.82. The fraction of sp³-hybridized carbons (Fsp3) is 0. The van der Waals surface area contributed by atoms with E-state index in [1.165, 1.54) is 140 Å². The SMILES string of the molecule is c1cc(-c2c3ccccc3c(-c3ccc(-c4ccc(-c5c6ccccc6c(-c6ccc(-n7c8ccccc8c8ccccc87)cc6)c6ccccc56)s4)s3)c3ccccc23)cc(-n2c3ccccc3c3ccccc32)c1. The smallest absolute Gasteiger partial charge is 0.0541 e. The first-order chi connectivity index (χ1) is 37.7. The van der Waals surface area contributed by atoms with E-state index in [2.05, 4.69) is 276 Å². The molecule has 0 fully saturated rings. The second kappa shape index (κ2) is 17.1. The van der Waals surface area contributed by atoms with Crippen LogP contribution in [0.4, 0.5) is 0 Å². The van der Waals surface area contributed by atoms with Crippen LogP contribution in [0.5, 0.6) is 0 Å². The van der Waals surface area contributed by atoms with Crippen molar-refractivity contribution in [2.75, 3.05) is 0 Å². The second-order valence-corrected chi connectivity index (χ2v) is 22.0. The van der Waals surface area contributed by atoms with Crippen LogP contribution in [0.1, 0.15) is 0 Å². The molecule has 0 bridgehead atoms. The van der Waals surface area contributed by atoms with E-state index in [0.29, 0.717) is 0 Å². The Bertz CT molecular complexity index is 4780. The van der Waals surface area contributed by atoms with E-state index in [1.807, 2.05) is 22.7 Å². The van der Waals surface area contributed by atoms with Gasteiger partial charge in [0.25, 0.3) is 0 Å². The van der Waals surface area contributed by atoms with Crippen LogP contribution in [0.25, 0.3) is 151 Å². The Balaban J connectivity index is 0.790. The van der Waals surface area contributed by atoms with Crippen molar-refractivity contribution < 1.29 is 0 Å². The molecule has 0 aliphatic heterocycles. The highest BCUT2D eigenvalue weighted by atomic mass is 32.1. The topological polar surface area (TPSA) is 9.86 Å². The Kier molecular flexibility index (Phi) is 9.71. The largest absolute Gasteiger partial charge is 0.309 e. The summed E-state index contributed by atoms with van der Waals surface area (Å²) in [6.45, 7) is 0. The molecule has 0 aliphatic carbocycles. The van der Waals surface area contributed by atoms with Gasteiger partial charge in [-0.15, -0.1) is 22.7 Å². The molecule has 16 aromatic rings. The van der Waals surface area contributed by atoms with Gasteiger partial charge in [-0.2, -0.15) is 0 Å². The lowest BCUT2D eigenvalue weighted by molar-refractivity contribution is 1.18. The molecule has 0 amide bonds. The third kappa shape index (κ3) is 6.51. The zero-order chi connectivity index (χ0) is 49.8. The maximum atomic E-state index is 2.42. The van der Waals surface area contributed by atoms with Crippen LogP contribution in [-0.2, 0) is 0 Å². The molecule has 0 saturated heterocycles. The first-order valence-electron chi connectivity index (χ1n) is 26.0. The Morgan fingerprint density at radius 2 is 0.500 bits per heavy atom. The van der Waals surface area contributed by atoms with Crippen molar-refractivity contribution in [2.45, 2.75) is 0 Å². The fourth-order valence-corrected chi connectivity index (χ4v) is 14.8. The number of thiophene rings is 2. The summed E-state index contributed by atoms with van der Waals surface area (Å²) in [5, 5.41) is 15.2. The van der Waals surface area contributed by atoms with Crippen LogP contribution < -0.4 is 0 Å². The third-order valence-corrected chi connectivity index (χ3v) is 18.2. The molecule has 0 spiro atoms. The van der Waals surface area contributed by atoms with Crippen LogP contribution in [-0.4, -0.2) is 9.13 Å². The van der Waals surface area contributed by atoms with Crippen LogP contribution in [0.3, 0.4) is 0 Å². The summed E-state index contributed by atoms with van der Waals surface area (Å²) in [6, 6.07) is 98.8. The van der Waals surface area contributed by atoms with Gasteiger partial charge >= 0.3 is 0 Å². The predicted octanol–water partition coefficient (Wildman–Crippen LogP) is 21.0. The second-order valence-electron chi connectivity index (χ2n) is 19.8. The maximum absolute atomic E-state index is 2.42. The maximum Gasteiger partial charge on any atom is 0.0541 e. The van der Waals surface area contributed by atoms with Crippen LogP contribution in [0, 0.1) is 0 Å². The van der Waals surface area contributed by atoms with Crippen molar-refractivity contribution in [3.05, 3.63) is 267 Å². The van der Waals surface area contributed by atoms with E-state index in [9.17, 15) is 0 Å². The zero-order valence-corrected chi connectivity index (χ0v) is 42.7. The highest BCUT2D eigenvalue weighted by Crippen LogP contribution is 2.50. The average Bonchev–Trinajstić information content (AvgIpc) is 4.36. The van der Waals surface area contributed by atoms with Gasteiger partial charge in [0.2, 0.25) is 0 Å². The Morgan fingerprint density at radius 3 is 0.882 bits per heavy atom. The number of para-hydroxylation sites is 4. The molecule has 0 saturated carbocycles. The van der Waals surface area contributed by atoms with E-state index in [0.717, 1.165) is 11.4 Å². The van der Waals surface area contributed by atoms with Gasteiger partial charge in [0.05, 0.1) is 22.1 Å². The summed E-state index contributed by atoms with van der Waals surface area (Å²) in [4.78, 5) is 5.09. The van der Waals surface area contributed by atoms with E-state index in [1.54, 1.807) is 0 Å². The summed E-state index contributed by atoms with van der Waals surface area (Å²) in [7, 11) is 0. The van der Waals surface area contributed by atoms with Gasteiger partial charge in [0.15, 0.2) is 0 Å². The van der Waals surface area contributed by atoms with Gasteiger partial charge in [-0.05, 0) is 138 Å². The first-order valence-corrected chi connectivity index (χ1v) is 27.6. The van der Waals surface area contributed by atoms with Crippen molar-refractivity contribution >= 4 is 109 Å². The van der Waals surface area contributed by atoms with Gasteiger partial charge in [-0.25, -0.2) is 0 Å². The molecule has 4 aromatic heterocycles. The van der Waals surface area contributed by atoms with Crippen LogP contribution in [0.2, 0.25) is 0 Å². The molecule has 16 rings (SSSR count). The molecule has 0 radical (unpaired) electrons. The highest BCUT2D eigenvalue weighted by Gasteiger charge is 2.22. The lowest BCUT2D eigenvalue weighted by Crippen LogP contribution is -1.95. The van der Waals surface area contributed by atoms with Gasteiger partial charge in [-0.1, -0.05) is 194 Å². The molecule has 0 aliphatic rings. The van der Waals surface area contributed by atoms with Crippen molar-refractivity contribution in [1.82, 2.24) is 9.13 Å². The standard InChI is InChI=1S/C72H44N2S2/c1-5-28-57-53(24-1)69(45-36-38-47(39-37-45)73-61-32-13-9-20-49(61)50-21-10-14-33-62(50)73)54-25-2-6-29-58(54)71(57)67-42-40-65(75-67)66-41-43-68(76-66)72-59-30-7-3-26-55(59)70(56-27-4-8-31-60(56)72)46-18-17-19-48(44-46)74-63-34-15-11-22-51(63)52-23-12-16-35-64(52)74/h1-44H. The summed E-state index contributed by atoms with van der Waals surface area (Å²) in [5.74, 6) is 0. The Labute approximate surface area is 446 Å². The Hall–Kier alpha value is -9.32. The van der Waals surface area contributed by atoms with Crippen LogP contribution >= 0.6 is 22.7 Å². The number of nitrogens with zero attached hydrogens (tertiary/aromatic N) is 2. The molecule has 0 unspecified atom stereocenters. The van der Waals surface area contributed by atoms with E-state index in [4.69, 9.17) is 0 Å². The van der Waals surface area contributed by atoms with Crippen molar-refractivity contribution in [3.8, 4) is 64.3 Å². The minimum Gasteiger partial charge on any atom is -0.309 e. The van der Waals surface area contributed by atoms with E-state index < -0.39 is 0 Å². The third-order valence-electron chi connectivity index (χ3n) is 15.8. The first kappa shape index (κ1) is 43.1. The van der Waals surface area contributed by atoms with Gasteiger partial charge in [-0.3, -0.25) is 0 Å². The summed E-state index contributed by atoms with van der Waals surface area (Å²) >= 11 is 3.79. The van der Waals surface area contributed by atoms with Crippen molar-refractivity contribution in [1.29, 1.82) is 0 Å². The monoisotopic (exact) mass is 1000 g/mol. The summed E-state index contributed by atoms with van der Waals surface area (Å²) in [6.07, 6.45) is 0. The fourth-order valence-electron chi connectivity index (χ4n) is 12.6. The highest BCUT2D eigenvalue weighted by molar-refractivity contribution is 7.25. The number of aromatic nitrogens is 2. The number of rotatable bonds is 7. The molecule has 0 N–H and O–H groups in total. The average molecular weight is 1000 g/mol. The minimum absolute atomic E-state index is 1.16. The number of hydrogen-bond donors (Lipinski definition) is 0. The van der Waals surface area contributed by atoms with E-state index >= 15 is 0 Å². The molecular weight excluding hydrogens is 957 g/mol. The normalized spacial score (nSPS) is 11.9. The molecule has 4 heteroatoms. The summed E-state index contributed by atoms with van der Waals surface area (Å²) in [5.41, 5.74) is 14.7. The van der Waals surface area contributed by atoms with Crippen molar-refractivity contribution in [2.24, 2.45) is 0 Å². The molecular formula is C72H44N2S2. The number of benzene rings is 12. The van der Waals surface area contributed by atoms with Crippen molar-refractivity contribution in [3.63, 3.8) is 0 Å². The van der Waals surface area contributed by atoms with E-state index in [-0.39, 0.29) is 0 Å². The van der Waals surface area contributed by atoms with Gasteiger partial charge < -0.3 is 9.13 Å². The molecule has 0 atom stereocenters. The lowest BCUT2D eigenvalue weighted by Gasteiger charge is -2.18. The van der Waals surface area contributed by atoms with Gasteiger partial charge in [0, 0.05) is 63.6 Å². The molecule has 12 aromatic carbocycles. The number of fused-ring (bicyclic) bond motifs is 10. The molecule has 354 valence electrons. The Morgan fingerprint density at radius 1 is 0.197 bits per heavy atom. The zero-order valence-electron chi connectivity index (χ0n) is 41.1. The lowest BCUT2D eigenvalue weighted by atomic mass is 9.88. The predicted molar refractivity (Wildman–Crippen MR) is 328 cm³/mol. The quantitative estimate of drug-likeness (QED) is 0.141. The molecule has 76 heavy (non-hydrogen) atoms. The number of hydrogen-bond acceptors (Lipinski definition) is 2. The minimum atomic E-state index is 1.16. The van der Waals surface area contributed by atoms with Crippen LogP contribution in [0.15, 0.2) is 267 Å². The molecule has 2 nitrogen and oxygen atoms in total. The molecule has 4 heterocycles.